The summed E-state index contributed by atoms with van der Waals surface area (Å²) in [6.45, 7) is 7.52. The minimum Gasteiger partial charge on any atom is -0.463 e. The Bertz CT molecular complexity index is 1180. The molecule has 2 aromatic carbocycles. The average Bonchev–Trinajstić information content (AvgIpc) is 3.51. The molecule has 0 heterocycles. The summed E-state index contributed by atoms with van der Waals surface area (Å²) in [5.41, 5.74) is 1.63. The first kappa shape index (κ1) is 35.1. The number of benzene rings is 2. The number of thioether (sulfide) groups is 1. The monoisotopic (exact) mass is 620 g/mol. The van der Waals surface area contributed by atoms with Gasteiger partial charge in [-0.1, -0.05) is 85.7 Å². The van der Waals surface area contributed by atoms with Crippen LogP contribution >= 0.6 is 11.8 Å². The summed E-state index contributed by atoms with van der Waals surface area (Å²) in [7, 11) is 0. The second kappa shape index (κ2) is 19.1. The van der Waals surface area contributed by atoms with E-state index in [0.29, 0.717) is 31.4 Å². The van der Waals surface area contributed by atoms with E-state index < -0.39 is 17.5 Å². The Morgan fingerprint density at radius 3 is 2.23 bits per heavy atom. The minimum atomic E-state index is -0.625. The molecular formula is C36H48N2O5S. The molecular weight excluding hydrogens is 572 g/mol. The molecule has 3 atom stereocenters. The molecule has 0 bridgehead atoms. The number of aliphatic hydroxyl groups excluding tert-OH is 1. The zero-order chi connectivity index (χ0) is 31.6. The standard InChI is InChI=1S/C36H48N2O5S/c1-3-5-19-31(22-28-15-8-6-9-16-28)35(42)43-24-32(26-44-25-29-17-10-7-11-18-29)37-34(41)30(14-4-2)23-33(40)38-36(27-39)20-12-13-21-36/h3-4,6-11,15-18,30-32,39H,1-2,5,12-14,19-27H2,(H,37,41)(H,38,40)/t30-,31-,32-/m1/s1. The molecule has 8 heteroatoms. The van der Waals surface area contributed by atoms with Crippen LogP contribution in [-0.2, 0) is 31.3 Å². The summed E-state index contributed by atoms with van der Waals surface area (Å²) in [6, 6.07) is 19.5. The number of rotatable bonds is 20. The number of aliphatic hydroxyl groups is 1. The maximum absolute atomic E-state index is 13.5. The Morgan fingerprint density at radius 2 is 1.61 bits per heavy atom. The predicted molar refractivity (Wildman–Crippen MR) is 178 cm³/mol. The molecule has 0 saturated heterocycles. The smallest absolute Gasteiger partial charge is 0.309 e. The SMILES string of the molecule is C=CCC[C@H](Cc1ccccc1)C(=O)OC[C@H](CSCc1ccccc1)NC(=O)[C@H](CC=C)CC(=O)NC1(CO)CCCC1. The molecule has 2 amide bonds. The van der Waals surface area contributed by atoms with E-state index in [1.807, 2.05) is 48.5 Å². The fourth-order valence-corrected chi connectivity index (χ4v) is 6.60. The van der Waals surface area contributed by atoms with Crippen LogP contribution in [0.5, 0.6) is 0 Å². The Kier molecular flexibility index (Phi) is 15.3. The molecule has 0 unspecified atom stereocenters. The van der Waals surface area contributed by atoms with Crippen molar-refractivity contribution in [1.29, 1.82) is 0 Å². The van der Waals surface area contributed by atoms with Gasteiger partial charge in [0.2, 0.25) is 11.8 Å². The Hall–Kier alpha value is -3.36. The van der Waals surface area contributed by atoms with Gasteiger partial charge in [-0.05, 0) is 49.7 Å². The van der Waals surface area contributed by atoms with Crippen LogP contribution in [0, 0.1) is 11.8 Å². The lowest BCUT2D eigenvalue weighted by Gasteiger charge is -2.29. The van der Waals surface area contributed by atoms with Gasteiger partial charge in [0.05, 0.1) is 30.0 Å². The van der Waals surface area contributed by atoms with Crippen LogP contribution in [0.15, 0.2) is 86.0 Å². The Morgan fingerprint density at radius 1 is 0.955 bits per heavy atom. The van der Waals surface area contributed by atoms with Gasteiger partial charge >= 0.3 is 5.97 Å². The van der Waals surface area contributed by atoms with Crippen molar-refractivity contribution in [2.24, 2.45) is 11.8 Å². The summed E-state index contributed by atoms with van der Waals surface area (Å²) in [4.78, 5) is 39.8. The maximum Gasteiger partial charge on any atom is 0.309 e. The molecule has 0 aromatic heterocycles. The van der Waals surface area contributed by atoms with Crippen molar-refractivity contribution in [2.45, 2.75) is 75.1 Å². The van der Waals surface area contributed by atoms with E-state index >= 15 is 0 Å². The average molecular weight is 621 g/mol. The van der Waals surface area contributed by atoms with Gasteiger partial charge in [0, 0.05) is 17.9 Å². The number of carbonyl (C=O) groups is 3. The molecule has 238 valence electrons. The lowest BCUT2D eigenvalue weighted by atomic mass is 9.95. The molecule has 3 rings (SSSR count). The van der Waals surface area contributed by atoms with E-state index in [4.69, 9.17) is 4.74 Å². The summed E-state index contributed by atoms with van der Waals surface area (Å²) in [5.74, 6) is -0.496. The van der Waals surface area contributed by atoms with Crippen molar-refractivity contribution in [3.05, 3.63) is 97.1 Å². The summed E-state index contributed by atoms with van der Waals surface area (Å²) >= 11 is 1.65. The van der Waals surface area contributed by atoms with Crippen molar-refractivity contribution in [3.63, 3.8) is 0 Å². The van der Waals surface area contributed by atoms with E-state index in [9.17, 15) is 19.5 Å². The summed E-state index contributed by atoms with van der Waals surface area (Å²) in [5, 5.41) is 16.0. The molecule has 3 N–H and O–H groups in total. The second-order valence-corrected chi connectivity index (χ2v) is 12.7. The Balaban J connectivity index is 1.65. The third kappa shape index (κ3) is 12.0. The largest absolute Gasteiger partial charge is 0.463 e. The van der Waals surface area contributed by atoms with Crippen LogP contribution in [0.2, 0.25) is 0 Å². The first-order chi connectivity index (χ1) is 21.4. The topological polar surface area (TPSA) is 105 Å². The number of allylic oxidation sites excluding steroid dienone is 2. The molecule has 1 aliphatic rings. The highest BCUT2D eigenvalue weighted by Crippen LogP contribution is 2.29. The lowest BCUT2D eigenvalue weighted by molar-refractivity contribution is -0.150. The van der Waals surface area contributed by atoms with Gasteiger partial charge in [-0.15, -0.1) is 13.2 Å². The minimum absolute atomic E-state index is 0.00995. The van der Waals surface area contributed by atoms with Crippen LogP contribution in [0.4, 0.5) is 0 Å². The van der Waals surface area contributed by atoms with E-state index in [2.05, 4.69) is 35.9 Å². The third-order valence-corrected chi connectivity index (χ3v) is 9.28. The number of ether oxygens (including phenoxy) is 1. The zero-order valence-corrected chi connectivity index (χ0v) is 26.6. The first-order valence-corrected chi connectivity index (χ1v) is 16.8. The molecule has 44 heavy (non-hydrogen) atoms. The van der Waals surface area contributed by atoms with Crippen LogP contribution in [0.1, 0.15) is 62.5 Å². The highest BCUT2D eigenvalue weighted by molar-refractivity contribution is 7.98. The van der Waals surface area contributed by atoms with Gasteiger partial charge in [-0.25, -0.2) is 0 Å². The van der Waals surface area contributed by atoms with Crippen LogP contribution < -0.4 is 10.6 Å². The number of carbonyl (C=O) groups excluding carboxylic acids is 3. The molecule has 0 radical (unpaired) electrons. The molecule has 1 aliphatic carbocycles. The summed E-state index contributed by atoms with van der Waals surface area (Å²) < 4.78 is 5.85. The van der Waals surface area contributed by atoms with E-state index in [-0.39, 0.29) is 43.3 Å². The van der Waals surface area contributed by atoms with Gasteiger partial charge < -0.3 is 20.5 Å². The number of hydrogen-bond donors (Lipinski definition) is 3. The highest BCUT2D eigenvalue weighted by Gasteiger charge is 2.35. The fraction of sp³-hybridized carbons (Fsp3) is 0.472. The number of amides is 2. The molecule has 2 aromatic rings. The van der Waals surface area contributed by atoms with Crippen molar-refractivity contribution < 1.29 is 24.2 Å². The van der Waals surface area contributed by atoms with Crippen molar-refractivity contribution in [3.8, 4) is 0 Å². The van der Waals surface area contributed by atoms with Gasteiger partial charge in [0.15, 0.2) is 0 Å². The quantitative estimate of drug-likeness (QED) is 0.128. The van der Waals surface area contributed by atoms with Crippen LogP contribution in [-0.4, -0.2) is 53.4 Å². The normalized spacial score (nSPS) is 15.8. The number of hydrogen-bond acceptors (Lipinski definition) is 6. The zero-order valence-electron chi connectivity index (χ0n) is 25.8. The predicted octanol–water partition coefficient (Wildman–Crippen LogP) is 5.78. The van der Waals surface area contributed by atoms with E-state index in [0.717, 1.165) is 42.6 Å². The maximum atomic E-state index is 13.5. The highest BCUT2D eigenvalue weighted by atomic mass is 32.2. The van der Waals surface area contributed by atoms with E-state index in [1.165, 1.54) is 0 Å². The van der Waals surface area contributed by atoms with Gasteiger partial charge in [-0.3, -0.25) is 14.4 Å². The van der Waals surface area contributed by atoms with Gasteiger partial charge in [0.25, 0.3) is 0 Å². The number of esters is 1. The van der Waals surface area contributed by atoms with Crippen LogP contribution in [0.3, 0.4) is 0 Å². The van der Waals surface area contributed by atoms with Crippen LogP contribution in [0.25, 0.3) is 0 Å². The molecule has 1 saturated carbocycles. The molecule has 1 fully saturated rings. The second-order valence-electron chi connectivity index (χ2n) is 11.7. The van der Waals surface area contributed by atoms with Crippen molar-refractivity contribution in [2.75, 3.05) is 19.0 Å². The molecule has 0 aliphatic heterocycles. The van der Waals surface area contributed by atoms with Gasteiger partial charge in [-0.2, -0.15) is 11.8 Å². The van der Waals surface area contributed by atoms with Crippen molar-refractivity contribution in [1.82, 2.24) is 10.6 Å². The molecule has 7 nitrogen and oxygen atoms in total. The number of nitrogens with one attached hydrogen (secondary N) is 2. The molecule has 0 spiro atoms. The Labute approximate surface area is 266 Å². The first-order valence-electron chi connectivity index (χ1n) is 15.6. The third-order valence-electron chi connectivity index (χ3n) is 8.10. The lowest BCUT2D eigenvalue weighted by Crippen LogP contribution is -2.50. The van der Waals surface area contributed by atoms with Gasteiger partial charge in [0.1, 0.15) is 6.61 Å². The van der Waals surface area contributed by atoms with Crippen molar-refractivity contribution >= 4 is 29.5 Å². The fourth-order valence-electron chi connectivity index (χ4n) is 5.59. The summed E-state index contributed by atoms with van der Waals surface area (Å²) in [6.07, 6.45) is 9.04. The van der Waals surface area contributed by atoms with E-state index in [1.54, 1.807) is 23.9 Å².